The molecule has 116 valence electrons. The fourth-order valence-electron chi connectivity index (χ4n) is 2.07. The molecule has 3 rings (SSSR count). The van der Waals surface area contributed by atoms with E-state index >= 15 is 0 Å². The minimum absolute atomic E-state index is 0.0450. The summed E-state index contributed by atoms with van der Waals surface area (Å²) in [4.78, 5) is 11.8. The third kappa shape index (κ3) is 3.15. The van der Waals surface area contributed by atoms with Gasteiger partial charge >= 0.3 is 6.03 Å². The van der Waals surface area contributed by atoms with Crippen molar-refractivity contribution in [3.05, 3.63) is 41.9 Å². The average Bonchev–Trinajstić information content (AvgIpc) is 3.13. The fraction of sp³-hybridized carbons (Fsp3) is 0.267. The lowest BCUT2D eigenvalue weighted by molar-refractivity contribution is 0.148. The molecule has 0 aliphatic carbocycles. The van der Waals surface area contributed by atoms with Crippen LogP contribution in [0.3, 0.4) is 0 Å². The van der Waals surface area contributed by atoms with Crippen molar-refractivity contribution in [3.63, 3.8) is 0 Å². The Bertz CT molecular complexity index is 682. The molecule has 0 unspecified atom stereocenters. The quantitative estimate of drug-likeness (QED) is 0.805. The van der Waals surface area contributed by atoms with E-state index in [1.54, 1.807) is 37.3 Å². The monoisotopic (exact) mass is 304 g/mol. The summed E-state index contributed by atoms with van der Waals surface area (Å²) < 4.78 is 15.7. The molecule has 0 bridgehead atoms. The number of aliphatic hydroxyl groups is 1. The van der Waals surface area contributed by atoms with E-state index in [4.69, 9.17) is 13.9 Å². The lowest BCUT2D eigenvalue weighted by atomic mass is 10.2. The highest BCUT2D eigenvalue weighted by Crippen LogP contribution is 2.34. The summed E-state index contributed by atoms with van der Waals surface area (Å²) >= 11 is 0. The molecule has 1 aromatic heterocycles. The van der Waals surface area contributed by atoms with Gasteiger partial charge in [-0.15, -0.1) is 0 Å². The Morgan fingerprint density at radius 3 is 2.86 bits per heavy atom. The summed E-state index contributed by atoms with van der Waals surface area (Å²) in [7, 11) is 0. The van der Waals surface area contributed by atoms with Gasteiger partial charge in [0.15, 0.2) is 11.5 Å². The third-order valence-electron chi connectivity index (χ3n) is 3.18. The predicted molar refractivity (Wildman–Crippen MR) is 78.0 cm³/mol. The average molecular weight is 304 g/mol. The minimum Gasteiger partial charge on any atom is -0.464 e. The number of urea groups is 1. The van der Waals surface area contributed by atoms with Gasteiger partial charge in [-0.1, -0.05) is 0 Å². The molecule has 2 amide bonds. The van der Waals surface area contributed by atoms with Gasteiger partial charge in [0.1, 0.15) is 17.6 Å². The molecule has 0 spiro atoms. The number of hydrogen-bond donors (Lipinski definition) is 3. The maximum absolute atomic E-state index is 11.8. The van der Waals surface area contributed by atoms with Crippen LogP contribution in [0.5, 0.6) is 11.5 Å². The van der Waals surface area contributed by atoms with Crippen molar-refractivity contribution in [2.75, 3.05) is 18.7 Å². The number of hydrogen-bond acceptors (Lipinski definition) is 5. The molecule has 7 nitrogen and oxygen atoms in total. The molecule has 0 saturated carbocycles. The number of anilines is 1. The van der Waals surface area contributed by atoms with Crippen molar-refractivity contribution >= 4 is 11.7 Å². The number of furan rings is 1. The standard InChI is InChI=1S/C15H16N2O5/c1-9-2-4-12(22-9)11(18)7-16-15(19)17-10-3-5-13-14(6-10)21-8-20-13/h2-6,11,18H,7-8H2,1H3,(H2,16,17,19)/t11-/m1/s1. The van der Waals surface area contributed by atoms with E-state index in [0.717, 1.165) is 0 Å². The highest BCUT2D eigenvalue weighted by atomic mass is 16.7. The molecule has 2 aromatic rings. The van der Waals surface area contributed by atoms with Crippen LogP contribution in [0.4, 0.5) is 10.5 Å². The Hall–Kier alpha value is -2.67. The first-order chi connectivity index (χ1) is 10.6. The van der Waals surface area contributed by atoms with Gasteiger partial charge < -0.3 is 29.6 Å². The Morgan fingerprint density at radius 1 is 1.27 bits per heavy atom. The van der Waals surface area contributed by atoms with Crippen LogP contribution < -0.4 is 20.1 Å². The van der Waals surface area contributed by atoms with E-state index in [1.165, 1.54) is 0 Å². The first kappa shape index (κ1) is 14.3. The van der Waals surface area contributed by atoms with Gasteiger partial charge in [0.2, 0.25) is 6.79 Å². The van der Waals surface area contributed by atoms with E-state index in [9.17, 15) is 9.90 Å². The number of ether oxygens (including phenoxy) is 2. The zero-order valence-electron chi connectivity index (χ0n) is 12.0. The van der Waals surface area contributed by atoms with E-state index in [-0.39, 0.29) is 13.3 Å². The minimum atomic E-state index is -0.892. The van der Waals surface area contributed by atoms with E-state index in [2.05, 4.69) is 10.6 Å². The molecule has 1 aromatic carbocycles. The van der Waals surface area contributed by atoms with E-state index in [1.807, 2.05) is 0 Å². The second kappa shape index (κ2) is 5.98. The second-order valence-corrected chi connectivity index (χ2v) is 4.87. The Morgan fingerprint density at radius 2 is 2.09 bits per heavy atom. The molecule has 1 aliphatic heterocycles. The lowest BCUT2D eigenvalue weighted by Crippen LogP contribution is -2.32. The van der Waals surface area contributed by atoms with Crippen LogP contribution in [-0.2, 0) is 0 Å². The molecule has 1 atom stereocenters. The molecule has 0 fully saturated rings. The number of amides is 2. The van der Waals surface area contributed by atoms with Crippen molar-refractivity contribution in [2.24, 2.45) is 0 Å². The summed E-state index contributed by atoms with van der Waals surface area (Å²) in [5, 5.41) is 15.1. The molecular formula is C15H16N2O5. The second-order valence-electron chi connectivity index (χ2n) is 4.87. The van der Waals surface area contributed by atoms with Crippen LogP contribution in [0.1, 0.15) is 17.6 Å². The number of carbonyl (C=O) groups is 1. The number of aryl methyl sites for hydroxylation is 1. The third-order valence-corrected chi connectivity index (χ3v) is 3.18. The Balaban J connectivity index is 1.52. The van der Waals surface area contributed by atoms with Crippen molar-refractivity contribution in [1.82, 2.24) is 5.32 Å². The molecule has 3 N–H and O–H groups in total. The molecule has 7 heteroatoms. The van der Waals surface area contributed by atoms with E-state index < -0.39 is 12.1 Å². The summed E-state index contributed by atoms with van der Waals surface area (Å²) in [5.74, 6) is 2.36. The van der Waals surface area contributed by atoms with Gasteiger partial charge in [-0.3, -0.25) is 0 Å². The van der Waals surface area contributed by atoms with Gasteiger partial charge in [-0.05, 0) is 31.2 Å². The normalized spacial score (nSPS) is 13.7. The smallest absolute Gasteiger partial charge is 0.319 e. The highest BCUT2D eigenvalue weighted by molar-refractivity contribution is 5.89. The zero-order valence-corrected chi connectivity index (χ0v) is 12.0. The summed E-state index contributed by atoms with van der Waals surface area (Å²) in [5.41, 5.74) is 0.574. The SMILES string of the molecule is Cc1ccc([C@H](O)CNC(=O)Nc2ccc3c(c2)OCO3)o1. The number of carbonyl (C=O) groups excluding carboxylic acids is 1. The van der Waals surface area contributed by atoms with Crippen LogP contribution in [0, 0.1) is 6.92 Å². The summed E-state index contributed by atoms with van der Waals surface area (Å²) in [6.07, 6.45) is -0.892. The molecule has 0 radical (unpaired) electrons. The number of rotatable bonds is 4. The van der Waals surface area contributed by atoms with Crippen LogP contribution in [-0.4, -0.2) is 24.5 Å². The first-order valence-corrected chi connectivity index (χ1v) is 6.81. The van der Waals surface area contributed by atoms with Crippen LogP contribution >= 0.6 is 0 Å². The van der Waals surface area contributed by atoms with Crippen LogP contribution in [0.25, 0.3) is 0 Å². The molecule has 0 saturated heterocycles. The summed E-state index contributed by atoms with van der Waals surface area (Å²) in [6, 6.07) is 8.11. The lowest BCUT2D eigenvalue weighted by Gasteiger charge is -2.11. The zero-order chi connectivity index (χ0) is 15.5. The van der Waals surface area contributed by atoms with Gasteiger partial charge in [-0.2, -0.15) is 0 Å². The molecule has 1 aliphatic rings. The predicted octanol–water partition coefficient (Wildman–Crippen LogP) is 2.17. The van der Waals surface area contributed by atoms with Crippen molar-refractivity contribution in [1.29, 1.82) is 0 Å². The number of nitrogens with one attached hydrogen (secondary N) is 2. The maximum atomic E-state index is 11.8. The summed E-state index contributed by atoms with van der Waals surface area (Å²) in [6.45, 7) is 2.01. The van der Waals surface area contributed by atoms with E-state index in [0.29, 0.717) is 28.7 Å². The molecule has 22 heavy (non-hydrogen) atoms. The highest BCUT2D eigenvalue weighted by Gasteiger charge is 2.15. The largest absolute Gasteiger partial charge is 0.464 e. The van der Waals surface area contributed by atoms with Gasteiger partial charge in [0, 0.05) is 11.8 Å². The van der Waals surface area contributed by atoms with Crippen LogP contribution in [0.15, 0.2) is 34.7 Å². The number of aliphatic hydroxyl groups excluding tert-OH is 1. The first-order valence-electron chi connectivity index (χ1n) is 6.81. The van der Waals surface area contributed by atoms with Crippen molar-refractivity contribution < 1.29 is 23.8 Å². The number of benzene rings is 1. The van der Waals surface area contributed by atoms with Gasteiger partial charge in [0.05, 0.1) is 6.54 Å². The Labute approximate surface area is 126 Å². The number of fused-ring (bicyclic) bond motifs is 1. The van der Waals surface area contributed by atoms with Crippen molar-refractivity contribution in [3.8, 4) is 11.5 Å². The van der Waals surface area contributed by atoms with Gasteiger partial charge in [0.25, 0.3) is 0 Å². The molecular weight excluding hydrogens is 288 g/mol. The maximum Gasteiger partial charge on any atom is 0.319 e. The Kier molecular flexibility index (Phi) is 3.88. The van der Waals surface area contributed by atoms with Crippen LogP contribution in [0.2, 0.25) is 0 Å². The topological polar surface area (TPSA) is 93.0 Å². The fourth-order valence-corrected chi connectivity index (χ4v) is 2.07. The van der Waals surface area contributed by atoms with Gasteiger partial charge in [-0.25, -0.2) is 4.79 Å². The molecule has 2 heterocycles. The van der Waals surface area contributed by atoms with Crippen molar-refractivity contribution in [2.45, 2.75) is 13.0 Å².